The molecule has 5 nitrogen and oxygen atoms in total. The molecule has 1 aromatic carbocycles. The zero-order valence-corrected chi connectivity index (χ0v) is 16.2. The first-order valence-corrected chi connectivity index (χ1v) is 9.52. The van der Waals surface area contributed by atoms with Crippen molar-refractivity contribution >= 4 is 35.4 Å². The van der Waals surface area contributed by atoms with E-state index in [0.29, 0.717) is 22.5 Å². The lowest BCUT2D eigenvalue weighted by molar-refractivity contribution is 0.0940. The monoisotopic (exact) mass is 393 g/mol. The van der Waals surface area contributed by atoms with Crippen molar-refractivity contribution < 1.29 is 9.59 Å². The SMILES string of the molecule is Cl.O=C(NCCCN1CCNCC1)c1ccccc1C(=O)c1cccs1. The summed E-state index contributed by atoms with van der Waals surface area (Å²) in [6.45, 7) is 5.79. The van der Waals surface area contributed by atoms with E-state index in [9.17, 15) is 9.59 Å². The minimum absolute atomic E-state index is 0. The summed E-state index contributed by atoms with van der Waals surface area (Å²) in [4.78, 5) is 28.1. The normalized spacial score (nSPS) is 14.5. The molecule has 3 rings (SSSR count). The van der Waals surface area contributed by atoms with Gasteiger partial charge in [0.05, 0.1) is 10.4 Å². The van der Waals surface area contributed by atoms with Crippen LogP contribution in [0.1, 0.15) is 32.0 Å². The molecule has 0 saturated carbocycles. The molecule has 2 N–H and O–H groups in total. The van der Waals surface area contributed by atoms with Gasteiger partial charge in [0.1, 0.15) is 0 Å². The van der Waals surface area contributed by atoms with E-state index >= 15 is 0 Å². The molecule has 2 heterocycles. The molecule has 0 radical (unpaired) electrons. The van der Waals surface area contributed by atoms with Gasteiger partial charge in [-0.05, 0) is 30.5 Å². The summed E-state index contributed by atoms with van der Waals surface area (Å²) in [5.41, 5.74) is 0.910. The minimum atomic E-state index is -0.180. The molecule has 1 fully saturated rings. The molecule has 7 heteroatoms. The predicted molar refractivity (Wildman–Crippen MR) is 108 cm³/mol. The van der Waals surface area contributed by atoms with Gasteiger partial charge in [-0.1, -0.05) is 24.3 Å². The Morgan fingerprint density at radius 1 is 1.08 bits per heavy atom. The van der Waals surface area contributed by atoms with Gasteiger partial charge in [0.25, 0.3) is 5.91 Å². The van der Waals surface area contributed by atoms with Crippen LogP contribution < -0.4 is 10.6 Å². The third-order valence-corrected chi connectivity index (χ3v) is 5.18. The molecular weight excluding hydrogens is 370 g/mol. The van der Waals surface area contributed by atoms with Gasteiger partial charge in [-0.25, -0.2) is 0 Å². The Hall–Kier alpha value is -1.73. The Morgan fingerprint density at radius 2 is 1.81 bits per heavy atom. The van der Waals surface area contributed by atoms with Gasteiger partial charge in [0.15, 0.2) is 0 Å². The summed E-state index contributed by atoms with van der Waals surface area (Å²) in [5, 5.41) is 8.15. The van der Waals surface area contributed by atoms with E-state index in [1.54, 1.807) is 30.3 Å². The lowest BCUT2D eigenvalue weighted by Crippen LogP contribution is -2.44. The van der Waals surface area contributed by atoms with Gasteiger partial charge < -0.3 is 15.5 Å². The van der Waals surface area contributed by atoms with E-state index in [1.165, 1.54) is 11.3 Å². The van der Waals surface area contributed by atoms with Crippen molar-refractivity contribution in [1.29, 1.82) is 0 Å². The number of piperazine rings is 1. The molecule has 1 aliphatic rings. The van der Waals surface area contributed by atoms with Crippen LogP contribution in [0, 0.1) is 0 Å². The van der Waals surface area contributed by atoms with E-state index in [2.05, 4.69) is 15.5 Å². The van der Waals surface area contributed by atoms with Gasteiger partial charge in [-0.3, -0.25) is 9.59 Å². The first kappa shape index (κ1) is 20.6. The van der Waals surface area contributed by atoms with Crippen molar-refractivity contribution in [3.05, 3.63) is 57.8 Å². The second kappa shape index (κ2) is 10.4. The van der Waals surface area contributed by atoms with Crippen molar-refractivity contribution in [2.24, 2.45) is 0 Å². The van der Waals surface area contributed by atoms with Crippen molar-refractivity contribution in [3.63, 3.8) is 0 Å². The van der Waals surface area contributed by atoms with Crippen molar-refractivity contribution in [2.75, 3.05) is 39.3 Å². The smallest absolute Gasteiger partial charge is 0.252 e. The number of thiophene rings is 1. The first-order chi connectivity index (χ1) is 12.3. The Morgan fingerprint density at radius 3 is 2.50 bits per heavy atom. The number of amides is 1. The molecule has 140 valence electrons. The van der Waals surface area contributed by atoms with E-state index in [4.69, 9.17) is 0 Å². The lowest BCUT2D eigenvalue weighted by atomic mass is 10.0. The van der Waals surface area contributed by atoms with Crippen molar-refractivity contribution in [3.8, 4) is 0 Å². The van der Waals surface area contributed by atoms with Crippen molar-refractivity contribution in [1.82, 2.24) is 15.5 Å². The molecule has 0 unspecified atom stereocenters. The number of carbonyl (C=O) groups is 2. The van der Waals surface area contributed by atoms with E-state index in [1.807, 2.05) is 11.4 Å². The molecule has 0 spiro atoms. The fraction of sp³-hybridized carbons (Fsp3) is 0.368. The van der Waals surface area contributed by atoms with Crippen molar-refractivity contribution in [2.45, 2.75) is 6.42 Å². The lowest BCUT2D eigenvalue weighted by Gasteiger charge is -2.27. The molecule has 1 aliphatic heterocycles. The molecule has 1 saturated heterocycles. The van der Waals surface area contributed by atoms with Crippen LogP contribution >= 0.6 is 23.7 Å². The van der Waals surface area contributed by atoms with Crippen LogP contribution in [0.5, 0.6) is 0 Å². The third-order valence-electron chi connectivity index (χ3n) is 4.31. The van der Waals surface area contributed by atoms with E-state index in [0.717, 1.165) is 39.1 Å². The molecule has 2 aromatic rings. The fourth-order valence-electron chi connectivity index (χ4n) is 2.95. The maximum atomic E-state index is 12.6. The Bertz CT molecular complexity index is 715. The number of benzene rings is 1. The molecule has 0 atom stereocenters. The number of carbonyl (C=O) groups excluding carboxylic acids is 2. The summed E-state index contributed by atoms with van der Waals surface area (Å²) >= 11 is 1.39. The van der Waals surface area contributed by atoms with Gasteiger partial charge in [-0.2, -0.15) is 0 Å². The molecular formula is C19H24ClN3O2S. The molecule has 1 aromatic heterocycles. The predicted octanol–water partition coefficient (Wildman–Crippen LogP) is 2.43. The first-order valence-electron chi connectivity index (χ1n) is 8.64. The van der Waals surface area contributed by atoms with Crippen LogP contribution in [0.4, 0.5) is 0 Å². The fourth-order valence-corrected chi connectivity index (χ4v) is 3.63. The number of rotatable bonds is 7. The summed E-state index contributed by atoms with van der Waals surface area (Å²) in [6, 6.07) is 10.7. The Kier molecular flexibility index (Phi) is 8.25. The summed E-state index contributed by atoms with van der Waals surface area (Å²) in [7, 11) is 0. The molecule has 26 heavy (non-hydrogen) atoms. The van der Waals surface area contributed by atoms with Crippen LogP contribution in [-0.2, 0) is 0 Å². The minimum Gasteiger partial charge on any atom is -0.352 e. The largest absolute Gasteiger partial charge is 0.352 e. The standard InChI is InChI=1S/C19H23N3O2S.ClH/c23-18(17-7-3-14-25-17)15-5-1-2-6-16(15)19(24)21-8-4-11-22-12-9-20-10-13-22;/h1-3,5-7,14,20H,4,8-13H2,(H,21,24);1H. The zero-order valence-electron chi connectivity index (χ0n) is 14.6. The average molecular weight is 394 g/mol. The summed E-state index contributed by atoms with van der Waals surface area (Å²) in [6.07, 6.45) is 0.910. The second-order valence-electron chi connectivity index (χ2n) is 6.05. The third kappa shape index (κ3) is 5.38. The van der Waals surface area contributed by atoms with E-state index in [-0.39, 0.29) is 24.1 Å². The average Bonchev–Trinajstić information content (AvgIpc) is 3.20. The zero-order chi connectivity index (χ0) is 17.5. The van der Waals surface area contributed by atoms with Gasteiger partial charge in [0.2, 0.25) is 5.78 Å². The summed E-state index contributed by atoms with van der Waals surface area (Å²) in [5.74, 6) is -0.276. The van der Waals surface area contributed by atoms with Gasteiger partial charge in [0, 0.05) is 38.3 Å². The van der Waals surface area contributed by atoms with Crippen LogP contribution in [0.25, 0.3) is 0 Å². The number of hydrogen-bond donors (Lipinski definition) is 2. The quantitative estimate of drug-likeness (QED) is 0.560. The maximum Gasteiger partial charge on any atom is 0.252 e. The number of ketones is 1. The second-order valence-corrected chi connectivity index (χ2v) is 7.00. The topological polar surface area (TPSA) is 61.4 Å². The number of hydrogen-bond acceptors (Lipinski definition) is 5. The highest BCUT2D eigenvalue weighted by Gasteiger charge is 2.18. The van der Waals surface area contributed by atoms with Gasteiger partial charge in [-0.15, -0.1) is 23.7 Å². The highest BCUT2D eigenvalue weighted by molar-refractivity contribution is 7.12. The molecule has 1 amide bonds. The molecule has 0 bridgehead atoms. The van der Waals surface area contributed by atoms with Crippen LogP contribution in [0.15, 0.2) is 41.8 Å². The molecule has 0 aliphatic carbocycles. The van der Waals surface area contributed by atoms with E-state index < -0.39 is 0 Å². The number of halogens is 1. The Labute approximate surface area is 164 Å². The maximum absolute atomic E-state index is 12.6. The van der Waals surface area contributed by atoms with Crippen LogP contribution in [-0.4, -0.2) is 55.9 Å². The highest BCUT2D eigenvalue weighted by Crippen LogP contribution is 2.18. The van der Waals surface area contributed by atoms with Crippen LogP contribution in [0.3, 0.4) is 0 Å². The summed E-state index contributed by atoms with van der Waals surface area (Å²) < 4.78 is 0. The van der Waals surface area contributed by atoms with Gasteiger partial charge >= 0.3 is 0 Å². The van der Waals surface area contributed by atoms with Crippen LogP contribution in [0.2, 0.25) is 0 Å². The number of nitrogens with zero attached hydrogens (tertiary/aromatic N) is 1. The number of nitrogens with one attached hydrogen (secondary N) is 2. The Balaban J connectivity index is 0.00000243. The highest BCUT2D eigenvalue weighted by atomic mass is 35.5.